The van der Waals surface area contributed by atoms with Gasteiger partial charge in [-0.1, -0.05) is 29.8 Å². The molecule has 0 saturated heterocycles. The third-order valence-electron chi connectivity index (χ3n) is 2.95. The van der Waals surface area contributed by atoms with Gasteiger partial charge in [0, 0.05) is 12.1 Å². The van der Waals surface area contributed by atoms with Gasteiger partial charge in [0.05, 0.1) is 13.2 Å². The lowest BCUT2D eigenvalue weighted by Gasteiger charge is -2.08. The summed E-state index contributed by atoms with van der Waals surface area (Å²) in [6, 6.07) is 13.1. The highest BCUT2D eigenvalue weighted by Crippen LogP contribution is 2.27. The lowest BCUT2D eigenvalue weighted by Crippen LogP contribution is -1.94. The molecule has 20 heavy (non-hydrogen) atoms. The lowest BCUT2D eigenvalue weighted by atomic mass is 10.1. The molecule has 3 nitrogen and oxygen atoms in total. The van der Waals surface area contributed by atoms with E-state index in [1.165, 1.54) is 5.56 Å². The minimum Gasteiger partial charge on any atom is -0.457 e. The summed E-state index contributed by atoms with van der Waals surface area (Å²) in [7, 11) is 1.69. The summed E-state index contributed by atoms with van der Waals surface area (Å²) in [6.45, 7) is 0.631. The number of ether oxygens (including phenoxy) is 2. The van der Waals surface area contributed by atoms with Gasteiger partial charge in [0.25, 0.3) is 0 Å². The zero-order chi connectivity index (χ0) is 14.4. The third-order valence-corrected chi connectivity index (χ3v) is 3.30. The number of hydrogen-bond donors (Lipinski definition) is 1. The summed E-state index contributed by atoms with van der Waals surface area (Å²) in [5.41, 5.74) is 1.89. The number of halogens is 1. The number of rotatable bonds is 6. The Bertz CT molecular complexity index is 552. The zero-order valence-electron chi connectivity index (χ0n) is 11.3. The van der Waals surface area contributed by atoms with Crippen LogP contribution in [0.4, 0.5) is 0 Å². The summed E-state index contributed by atoms with van der Waals surface area (Å²) < 4.78 is 10.8. The number of aliphatic hydroxyl groups is 1. The molecule has 0 aliphatic carbocycles. The fraction of sp³-hybridized carbons (Fsp3) is 0.250. The van der Waals surface area contributed by atoms with Crippen LogP contribution in [0.3, 0.4) is 0 Å². The van der Waals surface area contributed by atoms with Crippen LogP contribution in [-0.4, -0.2) is 18.8 Å². The largest absolute Gasteiger partial charge is 0.457 e. The molecule has 0 amide bonds. The van der Waals surface area contributed by atoms with Crippen LogP contribution in [0.15, 0.2) is 42.5 Å². The van der Waals surface area contributed by atoms with Crippen molar-refractivity contribution in [2.75, 3.05) is 13.7 Å². The van der Waals surface area contributed by atoms with Gasteiger partial charge in [-0.3, -0.25) is 0 Å². The van der Waals surface area contributed by atoms with Gasteiger partial charge >= 0.3 is 0 Å². The molecule has 0 radical (unpaired) electrons. The van der Waals surface area contributed by atoms with Crippen molar-refractivity contribution >= 4 is 11.6 Å². The molecule has 0 unspecified atom stereocenters. The number of aliphatic hydroxyl groups excluding tert-OH is 1. The first-order valence-electron chi connectivity index (χ1n) is 6.38. The van der Waals surface area contributed by atoms with Crippen LogP contribution in [0.25, 0.3) is 0 Å². The first-order chi connectivity index (χ1) is 9.72. The Morgan fingerprint density at radius 2 is 1.75 bits per heavy atom. The SMILES string of the molecule is COCCc1ccc(Oc2ccc(CO)c(Cl)c2)cc1. The monoisotopic (exact) mass is 292 g/mol. The van der Waals surface area contributed by atoms with Gasteiger partial charge in [-0.05, 0) is 41.8 Å². The topological polar surface area (TPSA) is 38.7 Å². The van der Waals surface area contributed by atoms with E-state index in [0.29, 0.717) is 22.9 Å². The average molecular weight is 293 g/mol. The van der Waals surface area contributed by atoms with Gasteiger partial charge in [0.2, 0.25) is 0 Å². The smallest absolute Gasteiger partial charge is 0.128 e. The van der Waals surface area contributed by atoms with Gasteiger partial charge in [0.15, 0.2) is 0 Å². The quantitative estimate of drug-likeness (QED) is 0.880. The second kappa shape index (κ2) is 7.29. The van der Waals surface area contributed by atoms with Crippen LogP contribution in [0, 0.1) is 0 Å². The van der Waals surface area contributed by atoms with Gasteiger partial charge in [-0.25, -0.2) is 0 Å². The number of benzene rings is 2. The highest BCUT2D eigenvalue weighted by molar-refractivity contribution is 6.31. The second-order valence-electron chi connectivity index (χ2n) is 4.40. The third kappa shape index (κ3) is 3.97. The zero-order valence-corrected chi connectivity index (χ0v) is 12.1. The highest BCUT2D eigenvalue weighted by Gasteiger charge is 2.03. The van der Waals surface area contributed by atoms with Crippen molar-refractivity contribution in [3.8, 4) is 11.5 Å². The van der Waals surface area contributed by atoms with Crippen LogP contribution >= 0.6 is 11.6 Å². The summed E-state index contributed by atoms with van der Waals surface area (Å²) in [4.78, 5) is 0. The van der Waals surface area contributed by atoms with Crippen molar-refractivity contribution in [3.05, 3.63) is 58.6 Å². The Balaban J connectivity index is 2.04. The van der Waals surface area contributed by atoms with Gasteiger partial charge in [-0.15, -0.1) is 0 Å². The molecule has 0 spiro atoms. The Morgan fingerprint density at radius 3 is 2.35 bits per heavy atom. The van der Waals surface area contributed by atoms with Crippen LogP contribution in [0.1, 0.15) is 11.1 Å². The summed E-state index contributed by atoms with van der Waals surface area (Å²) >= 11 is 6.02. The second-order valence-corrected chi connectivity index (χ2v) is 4.81. The van der Waals surface area contributed by atoms with Crippen LogP contribution < -0.4 is 4.74 Å². The van der Waals surface area contributed by atoms with Crippen molar-refractivity contribution < 1.29 is 14.6 Å². The van der Waals surface area contributed by atoms with Gasteiger partial charge in [0.1, 0.15) is 11.5 Å². The van der Waals surface area contributed by atoms with E-state index in [0.717, 1.165) is 12.2 Å². The maximum Gasteiger partial charge on any atom is 0.128 e. The molecule has 0 fully saturated rings. The van der Waals surface area contributed by atoms with Crippen LogP contribution in [0.2, 0.25) is 5.02 Å². The van der Waals surface area contributed by atoms with Crippen molar-refractivity contribution in [3.63, 3.8) is 0 Å². The normalized spacial score (nSPS) is 10.6. The molecule has 2 rings (SSSR count). The first-order valence-corrected chi connectivity index (χ1v) is 6.75. The van der Waals surface area contributed by atoms with E-state index in [-0.39, 0.29) is 6.61 Å². The van der Waals surface area contributed by atoms with E-state index < -0.39 is 0 Å². The van der Waals surface area contributed by atoms with Crippen molar-refractivity contribution in [2.45, 2.75) is 13.0 Å². The molecule has 4 heteroatoms. The van der Waals surface area contributed by atoms with Crippen molar-refractivity contribution in [1.82, 2.24) is 0 Å². The highest BCUT2D eigenvalue weighted by atomic mass is 35.5. The molecule has 2 aromatic carbocycles. The van der Waals surface area contributed by atoms with E-state index in [9.17, 15) is 0 Å². The molecular weight excluding hydrogens is 276 g/mol. The Morgan fingerprint density at radius 1 is 1.05 bits per heavy atom. The standard InChI is InChI=1S/C16H17ClO3/c1-19-9-8-12-2-5-14(6-3-12)20-15-7-4-13(11-18)16(17)10-15/h2-7,10,18H,8-9,11H2,1H3. The molecular formula is C16H17ClO3. The Labute approximate surface area is 123 Å². The molecule has 106 valence electrons. The number of methoxy groups -OCH3 is 1. The van der Waals surface area contributed by atoms with E-state index in [1.807, 2.05) is 24.3 Å². The van der Waals surface area contributed by atoms with E-state index >= 15 is 0 Å². The van der Waals surface area contributed by atoms with E-state index in [1.54, 1.807) is 25.3 Å². The maximum absolute atomic E-state index is 9.06. The minimum atomic E-state index is -0.0761. The lowest BCUT2D eigenvalue weighted by molar-refractivity contribution is 0.202. The van der Waals surface area contributed by atoms with E-state index in [4.69, 9.17) is 26.2 Å². The van der Waals surface area contributed by atoms with Gasteiger partial charge in [-0.2, -0.15) is 0 Å². The van der Waals surface area contributed by atoms with E-state index in [2.05, 4.69) is 0 Å². The molecule has 2 aromatic rings. The molecule has 1 N–H and O–H groups in total. The van der Waals surface area contributed by atoms with Crippen molar-refractivity contribution in [1.29, 1.82) is 0 Å². The van der Waals surface area contributed by atoms with Crippen molar-refractivity contribution in [2.24, 2.45) is 0 Å². The molecule has 0 aliphatic rings. The average Bonchev–Trinajstić information content (AvgIpc) is 2.47. The first kappa shape index (κ1) is 14.9. The minimum absolute atomic E-state index is 0.0761. The predicted molar refractivity (Wildman–Crippen MR) is 79.5 cm³/mol. The van der Waals surface area contributed by atoms with Crippen LogP contribution in [0.5, 0.6) is 11.5 Å². The fourth-order valence-electron chi connectivity index (χ4n) is 1.80. The fourth-order valence-corrected chi connectivity index (χ4v) is 2.03. The summed E-state index contributed by atoms with van der Waals surface area (Å²) in [5, 5.41) is 9.57. The number of hydrogen-bond acceptors (Lipinski definition) is 3. The summed E-state index contributed by atoms with van der Waals surface area (Å²) in [6.07, 6.45) is 0.883. The Hall–Kier alpha value is -1.55. The molecule has 0 aromatic heterocycles. The summed E-state index contributed by atoms with van der Waals surface area (Å²) in [5.74, 6) is 1.40. The molecule has 0 saturated carbocycles. The molecule has 0 atom stereocenters. The molecule has 0 heterocycles. The van der Waals surface area contributed by atoms with Gasteiger partial charge < -0.3 is 14.6 Å². The molecule has 0 bridgehead atoms. The Kier molecular flexibility index (Phi) is 5.41. The predicted octanol–water partition coefficient (Wildman–Crippen LogP) is 3.81. The molecule has 0 aliphatic heterocycles. The van der Waals surface area contributed by atoms with Crippen LogP contribution in [-0.2, 0) is 17.8 Å². The maximum atomic E-state index is 9.06.